The standard InChI is InChI=1S/C22H31N3O3S/c1-6-25(7-2)29(27,28)20-13-11-19(12-14-20)18(5)23-15-21(26)24-22-16(3)9-8-10-17(22)4/h8-14,18,23H,6-7,15H2,1-5H3,(H,24,26)/t18-/m1/s1. The summed E-state index contributed by atoms with van der Waals surface area (Å²) < 4.78 is 26.6. The molecule has 0 radical (unpaired) electrons. The van der Waals surface area contributed by atoms with E-state index >= 15 is 0 Å². The van der Waals surface area contributed by atoms with Gasteiger partial charge in [0.25, 0.3) is 0 Å². The molecule has 0 spiro atoms. The van der Waals surface area contributed by atoms with Crippen LogP contribution in [0.3, 0.4) is 0 Å². The second-order valence-corrected chi connectivity index (χ2v) is 9.01. The van der Waals surface area contributed by atoms with Gasteiger partial charge in [0.15, 0.2) is 0 Å². The van der Waals surface area contributed by atoms with E-state index in [2.05, 4.69) is 10.6 Å². The van der Waals surface area contributed by atoms with Crippen molar-refractivity contribution >= 4 is 21.6 Å². The number of benzene rings is 2. The molecule has 0 bridgehead atoms. The fourth-order valence-corrected chi connectivity index (χ4v) is 4.66. The van der Waals surface area contributed by atoms with E-state index in [1.165, 1.54) is 4.31 Å². The number of carbonyl (C=O) groups excluding carboxylic acids is 1. The average Bonchev–Trinajstić information content (AvgIpc) is 2.70. The molecular formula is C22H31N3O3S. The highest BCUT2D eigenvalue weighted by atomic mass is 32.2. The number of sulfonamides is 1. The molecule has 2 aromatic rings. The summed E-state index contributed by atoms with van der Waals surface area (Å²) in [7, 11) is -3.46. The lowest BCUT2D eigenvalue weighted by molar-refractivity contribution is -0.115. The van der Waals surface area contributed by atoms with Crippen LogP contribution < -0.4 is 10.6 Å². The number of hydrogen-bond acceptors (Lipinski definition) is 4. The van der Waals surface area contributed by atoms with E-state index in [9.17, 15) is 13.2 Å². The van der Waals surface area contributed by atoms with E-state index in [1.807, 2.05) is 52.8 Å². The van der Waals surface area contributed by atoms with Crippen molar-refractivity contribution in [3.63, 3.8) is 0 Å². The fraction of sp³-hybridized carbons (Fsp3) is 0.409. The van der Waals surface area contributed by atoms with Crippen molar-refractivity contribution in [1.29, 1.82) is 0 Å². The van der Waals surface area contributed by atoms with Crippen molar-refractivity contribution in [2.24, 2.45) is 0 Å². The zero-order valence-electron chi connectivity index (χ0n) is 17.8. The fourth-order valence-electron chi connectivity index (χ4n) is 3.20. The molecule has 0 aliphatic carbocycles. The van der Waals surface area contributed by atoms with Crippen LogP contribution in [-0.2, 0) is 14.8 Å². The van der Waals surface area contributed by atoms with Crippen LogP contribution in [0.25, 0.3) is 0 Å². The molecule has 2 rings (SSSR count). The summed E-state index contributed by atoms with van der Waals surface area (Å²) in [6.07, 6.45) is 0. The number of nitrogens with one attached hydrogen (secondary N) is 2. The van der Waals surface area contributed by atoms with Crippen LogP contribution in [0, 0.1) is 13.8 Å². The molecule has 29 heavy (non-hydrogen) atoms. The Bertz CT molecular complexity index is 916. The first kappa shape index (κ1) is 23.1. The molecule has 0 fully saturated rings. The Morgan fingerprint density at radius 1 is 1.00 bits per heavy atom. The van der Waals surface area contributed by atoms with E-state index in [0.717, 1.165) is 22.4 Å². The monoisotopic (exact) mass is 417 g/mol. The molecule has 7 heteroatoms. The van der Waals surface area contributed by atoms with Gasteiger partial charge in [-0.2, -0.15) is 4.31 Å². The van der Waals surface area contributed by atoms with Gasteiger partial charge >= 0.3 is 0 Å². The molecule has 0 aromatic heterocycles. The first-order valence-electron chi connectivity index (χ1n) is 9.90. The van der Waals surface area contributed by atoms with Gasteiger partial charge in [-0.3, -0.25) is 4.79 Å². The van der Waals surface area contributed by atoms with Crippen molar-refractivity contribution in [3.05, 3.63) is 59.2 Å². The minimum Gasteiger partial charge on any atom is -0.324 e. The number of rotatable bonds is 9. The largest absolute Gasteiger partial charge is 0.324 e. The van der Waals surface area contributed by atoms with E-state index < -0.39 is 10.0 Å². The Hall–Kier alpha value is -2.22. The molecule has 0 aliphatic heterocycles. The first-order valence-corrected chi connectivity index (χ1v) is 11.3. The first-order chi connectivity index (χ1) is 13.7. The number of hydrogen-bond donors (Lipinski definition) is 2. The third-order valence-electron chi connectivity index (χ3n) is 5.04. The summed E-state index contributed by atoms with van der Waals surface area (Å²) in [4.78, 5) is 12.6. The van der Waals surface area contributed by atoms with E-state index in [0.29, 0.717) is 13.1 Å². The predicted octanol–water partition coefficient (Wildman–Crippen LogP) is 3.62. The molecule has 0 unspecified atom stereocenters. The molecule has 0 heterocycles. The van der Waals surface area contributed by atoms with Crippen molar-refractivity contribution < 1.29 is 13.2 Å². The second-order valence-electron chi connectivity index (χ2n) is 7.08. The minimum atomic E-state index is -3.46. The van der Waals surface area contributed by atoms with Crippen LogP contribution in [-0.4, -0.2) is 38.3 Å². The smallest absolute Gasteiger partial charge is 0.243 e. The molecule has 2 N–H and O–H groups in total. The van der Waals surface area contributed by atoms with Gasteiger partial charge in [-0.15, -0.1) is 0 Å². The molecule has 0 saturated heterocycles. The van der Waals surface area contributed by atoms with Gasteiger partial charge in [-0.1, -0.05) is 44.2 Å². The van der Waals surface area contributed by atoms with Crippen LogP contribution in [0.2, 0.25) is 0 Å². The lowest BCUT2D eigenvalue weighted by Gasteiger charge is -2.19. The maximum atomic E-state index is 12.6. The summed E-state index contributed by atoms with van der Waals surface area (Å²) in [5, 5.41) is 6.14. The van der Waals surface area contributed by atoms with Gasteiger partial charge in [-0.05, 0) is 49.6 Å². The van der Waals surface area contributed by atoms with E-state index in [-0.39, 0.29) is 23.4 Å². The molecule has 6 nitrogen and oxygen atoms in total. The summed E-state index contributed by atoms with van der Waals surface area (Å²) >= 11 is 0. The molecular weight excluding hydrogens is 386 g/mol. The number of carbonyl (C=O) groups is 1. The molecule has 1 atom stereocenters. The Morgan fingerprint density at radius 3 is 2.07 bits per heavy atom. The van der Waals surface area contributed by atoms with Gasteiger partial charge < -0.3 is 10.6 Å². The molecule has 158 valence electrons. The van der Waals surface area contributed by atoms with Gasteiger partial charge in [0.2, 0.25) is 15.9 Å². The van der Waals surface area contributed by atoms with Crippen molar-refractivity contribution in [2.75, 3.05) is 25.0 Å². The van der Waals surface area contributed by atoms with Gasteiger partial charge in [0, 0.05) is 24.8 Å². The van der Waals surface area contributed by atoms with Crippen LogP contribution in [0.4, 0.5) is 5.69 Å². The number of anilines is 1. The zero-order valence-corrected chi connectivity index (χ0v) is 18.6. The topological polar surface area (TPSA) is 78.5 Å². The van der Waals surface area contributed by atoms with Gasteiger partial charge in [0.1, 0.15) is 0 Å². The Balaban J connectivity index is 1.99. The highest BCUT2D eigenvalue weighted by molar-refractivity contribution is 7.89. The quantitative estimate of drug-likeness (QED) is 0.653. The summed E-state index contributed by atoms with van der Waals surface area (Å²) in [5.74, 6) is -0.116. The number of aryl methyl sites for hydroxylation is 2. The maximum absolute atomic E-state index is 12.6. The Kier molecular flexibility index (Phi) is 7.96. The Labute approximate surface area is 174 Å². The lowest BCUT2D eigenvalue weighted by Crippen LogP contribution is -2.31. The highest BCUT2D eigenvalue weighted by Crippen LogP contribution is 2.20. The average molecular weight is 418 g/mol. The molecule has 0 saturated carbocycles. The normalized spacial score (nSPS) is 12.8. The summed E-state index contributed by atoms with van der Waals surface area (Å²) in [6, 6.07) is 12.6. The highest BCUT2D eigenvalue weighted by Gasteiger charge is 2.21. The number of amides is 1. The second kappa shape index (κ2) is 10.0. The van der Waals surface area contributed by atoms with Crippen LogP contribution in [0.15, 0.2) is 47.4 Å². The predicted molar refractivity (Wildman–Crippen MR) is 118 cm³/mol. The van der Waals surface area contributed by atoms with Gasteiger partial charge in [0.05, 0.1) is 11.4 Å². The zero-order chi connectivity index (χ0) is 21.6. The maximum Gasteiger partial charge on any atom is 0.243 e. The van der Waals surface area contributed by atoms with Crippen molar-refractivity contribution in [1.82, 2.24) is 9.62 Å². The van der Waals surface area contributed by atoms with Gasteiger partial charge in [-0.25, -0.2) is 8.42 Å². The molecule has 1 amide bonds. The lowest BCUT2D eigenvalue weighted by atomic mass is 10.1. The summed E-state index contributed by atoms with van der Waals surface area (Å²) in [6.45, 7) is 10.6. The minimum absolute atomic E-state index is 0.0936. The third kappa shape index (κ3) is 5.65. The van der Waals surface area contributed by atoms with E-state index in [1.54, 1.807) is 24.3 Å². The third-order valence-corrected chi connectivity index (χ3v) is 7.10. The SMILES string of the molecule is CCN(CC)S(=O)(=O)c1ccc([C@@H](C)NCC(=O)Nc2c(C)cccc2C)cc1. The number of para-hydroxylation sites is 1. The molecule has 0 aliphatic rings. The molecule has 2 aromatic carbocycles. The van der Waals surface area contributed by atoms with Crippen LogP contribution >= 0.6 is 0 Å². The van der Waals surface area contributed by atoms with Crippen LogP contribution in [0.5, 0.6) is 0 Å². The van der Waals surface area contributed by atoms with E-state index in [4.69, 9.17) is 0 Å². The number of nitrogens with zero attached hydrogens (tertiary/aromatic N) is 1. The van der Waals surface area contributed by atoms with Crippen molar-refractivity contribution in [3.8, 4) is 0 Å². The van der Waals surface area contributed by atoms with Crippen LogP contribution in [0.1, 0.15) is 43.5 Å². The van der Waals surface area contributed by atoms with Crippen molar-refractivity contribution in [2.45, 2.75) is 45.6 Å². The Morgan fingerprint density at radius 2 is 1.55 bits per heavy atom. The summed E-state index contributed by atoms with van der Waals surface area (Å²) in [5.41, 5.74) is 3.81.